The fourth-order valence-corrected chi connectivity index (χ4v) is 4.87. The number of carboxylic acid groups (broad SMARTS) is 1. The number of imidazole rings is 1. The summed E-state index contributed by atoms with van der Waals surface area (Å²) >= 11 is 0. The molecule has 5 rings (SSSR count). The third-order valence-corrected chi connectivity index (χ3v) is 6.70. The lowest BCUT2D eigenvalue weighted by Crippen LogP contribution is -2.34. The zero-order valence-corrected chi connectivity index (χ0v) is 20.6. The summed E-state index contributed by atoms with van der Waals surface area (Å²) in [5.74, 6) is 1.22. The van der Waals surface area contributed by atoms with Crippen LogP contribution >= 0.6 is 0 Å². The van der Waals surface area contributed by atoms with Gasteiger partial charge in [-0.2, -0.15) is 5.26 Å². The Morgan fingerprint density at radius 1 is 1.22 bits per heavy atom. The highest BCUT2D eigenvalue weighted by Crippen LogP contribution is 2.38. The van der Waals surface area contributed by atoms with E-state index in [1.54, 1.807) is 36.9 Å². The Morgan fingerprint density at radius 2 is 2.03 bits per heavy atom. The van der Waals surface area contributed by atoms with Crippen molar-refractivity contribution in [2.45, 2.75) is 19.4 Å². The van der Waals surface area contributed by atoms with Crippen molar-refractivity contribution in [3.8, 4) is 34.2 Å². The van der Waals surface area contributed by atoms with Crippen molar-refractivity contribution in [1.29, 1.82) is 5.26 Å². The van der Waals surface area contributed by atoms with Crippen molar-refractivity contribution >= 4 is 11.6 Å². The lowest BCUT2D eigenvalue weighted by molar-refractivity contribution is 0.151. The van der Waals surface area contributed by atoms with Crippen molar-refractivity contribution in [3.05, 3.63) is 72.4 Å². The van der Waals surface area contributed by atoms with Crippen LogP contribution in [0.4, 0.5) is 4.79 Å². The molecule has 9 nitrogen and oxygen atoms in total. The zero-order chi connectivity index (χ0) is 25.8. The molecule has 0 saturated carbocycles. The molecule has 1 amide bonds. The van der Waals surface area contributed by atoms with E-state index >= 15 is 0 Å². The number of rotatable bonds is 7. The molecule has 2 N–H and O–H groups in total. The predicted octanol–water partition coefficient (Wildman–Crippen LogP) is 4.42. The molecule has 0 aliphatic carbocycles. The van der Waals surface area contributed by atoms with Crippen molar-refractivity contribution in [3.63, 3.8) is 0 Å². The van der Waals surface area contributed by atoms with Crippen LogP contribution in [0.2, 0.25) is 0 Å². The number of aromatic nitrogens is 3. The summed E-state index contributed by atoms with van der Waals surface area (Å²) in [6.07, 6.45) is 6.53. The molecule has 4 aromatic rings. The second-order valence-electron chi connectivity index (χ2n) is 9.39. The van der Waals surface area contributed by atoms with Crippen LogP contribution in [0, 0.1) is 17.2 Å². The van der Waals surface area contributed by atoms with Gasteiger partial charge in [0.15, 0.2) is 0 Å². The number of nitrogens with zero attached hydrogens (tertiary/aromatic N) is 5. The van der Waals surface area contributed by atoms with E-state index in [1.807, 2.05) is 28.7 Å². The van der Waals surface area contributed by atoms with E-state index in [9.17, 15) is 10.1 Å². The van der Waals surface area contributed by atoms with Crippen LogP contribution in [0.3, 0.4) is 0 Å². The number of likely N-dealkylation sites (tertiary alicyclic amines) is 1. The topological polar surface area (TPSA) is 116 Å². The lowest BCUT2D eigenvalue weighted by atomic mass is 9.98. The van der Waals surface area contributed by atoms with Crippen LogP contribution in [0.1, 0.15) is 24.1 Å². The van der Waals surface area contributed by atoms with E-state index in [2.05, 4.69) is 33.3 Å². The fourth-order valence-electron chi connectivity index (χ4n) is 4.87. The molecule has 4 heterocycles. The van der Waals surface area contributed by atoms with E-state index in [-0.39, 0.29) is 6.54 Å². The van der Waals surface area contributed by atoms with Gasteiger partial charge in [-0.3, -0.25) is 9.38 Å². The Kier molecular flexibility index (Phi) is 7.01. The Morgan fingerprint density at radius 3 is 2.73 bits per heavy atom. The average Bonchev–Trinajstić information content (AvgIpc) is 3.41. The molecule has 9 heteroatoms. The minimum Gasteiger partial charge on any atom is -0.491 e. The number of hydrogen-bond acceptors (Lipinski definition) is 6. The predicted molar refractivity (Wildman–Crippen MR) is 139 cm³/mol. The first-order chi connectivity index (χ1) is 18.0. The highest BCUT2D eigenvalue weighted by molar-refractivity contribution is 5.86. The van der Waals surface area contributed by atoms with Gasteiger partial charge in [0.05, 0.1) is 48.7 Å². The van der Waals surface area contributed by atoms with E-state index in [1.165, 1.54) is 6.42 Å². The first-order valence-electron chi connectivity index (χ1n) is 12.2. The summed E-state index contributed by atoms with van der Waals surface area (Å²) in [4.78, 5) is 22.1. The van der Waals surface area contributed by atoms with Crippen LogP contribution in [0.5, 0.6) is 5.75 Å². The Labute approximate surface area is 215 Å². The molecule has 0 bridgehead atoms. The number of piperidine rings is 1. The van der Waals surface area contributed by atoms with Gasteiger partial charge in [-0.15, -0.1) is 0 Å². The summed E-state index contributed by atoms with van der Waals surface area (Å²) in [5.41, 5.74) is 5.64. The highest BCUT2D eigenvalue weighted by atomic mass is 16.5. The molecule has 1 aliphatic heterocycles. The minimum atomic E-state index is -1.09. The van der Waals surface area contributed by atoms with Crippen molar-refractivity contribution in [1.82, 2.24) is 24.6 Å². The van der Waals surface area contributed by atoms with Crippen LogP contribution in [-0.2, 0) is 6.54 Å². The van der Waals surface area contributed by atoms with Gasteiger partial charge >= 0.3 is 6.09 Å². The normalized spacial score (nSPS) is 15.8. The number of benzene rings is 1. The Bertz CT molecular complexity index is 1440. The third kappa shape index (κ3) is 5.39. The van der Waals surface area contributed by atoms with E-state index in [4.69, 9.17) is 9.84 Å². The number of nitriles is 1. The maximum absolute atomic E-state index is 10.8. The number of amides is 1. The number of fused-ring (bicyclic) bond motifs is 1. The smallest absolute Gasteiger partial charge is 0.404 e. The second-order valence-corrected chi connectivity index (χ2v) is 9.39. The summed E-state index contributed by atoms with van der Waals surface area (Å²) in [7, 11) is 2.15. The van der Waals surface area contributed by atoms with E-state index in [0.717, 1.165) is 53.2 Å². The summed E-state index contributed by atoms with van der Waals surface area (Å²) in [5, 5.41) is 20.5. The van der Waals surface area contributed by atoms with E-state index in [0.29, 0.717) is 23.8 Å². The molecular formula is C28H28N6O3. The van der Waals surface area contributed by atoms with Crippen molar-refractivity contribution in [2.24, 2.45) is 5.92 Å². The van der Waals surface area contributed by atoms with Gasteiger partial charge in [-0.05, 0) is 62.3 Å². The number of ether oxygens (including phenoxy) is 1. The number of carbonyl (C=O) groups is 1. The molecule has 1 saturated heterocycles. The van der Waals surface area contributed by atoms with Gasteiger partial charge in [0.2, 0.25) is 0 Å². The molecule has 0 unspecified atom stereocenters. The highest BCUT2D eigenvalue weighted by Gasteiger charge is 2.21. The Balaban J connectivity index is 1.56. The van der Waals surface area contributed by atoms with E-state index < -0.39 is 6.09 Å². The summed E-state index contributed by atoms with van der Waals surface area (Å²) in [6, 6.07) is 15.4. The van der Waals surface area contributed by atoms with Gasteiger partial charge in [-0.25, -0.2) is 9.78 Å². The lowest BCUT2D eigenvalue weighted by Gasteiger charge is -2.29. The molecule has 3 aromatic heterocycles. The van der Waals surface area contributed by atoms with Crippen molar-refractivity contribution in [2.75, 3.05) is 26.7 Å². The van der Waals surface area contributed by atoms with Gasteiger partial charge < -0.3 is 20.1 Å². The van der Waals surface area contributed by atoms with Crippen LogP contribution in [0.15, 0.2) is 61.2 Å². The molecular weight excluding hydrogens is 468 g/mol. The van der Waals surface area contributed by atoms with Crippen LogP contribution in [0.25, 0.3) is 27.9 Å². The van der Waals surface area contributed by atoms with Gasteiger partial charge in [0, 0.05) is 29.8 Å². The van der Waals surface area contributed by atoms with Gasteiger partial charge in [0.1, 0.15) is 11.3 Å². The molecule has 0 radical (unpaired) electrons. The maximum atomic E-state index is 10.8. The number of pyridine rings is 2. The first-order valence-corrected chi connectivity index (χ1v) is 12.2. The summed E-state index contributed by atoms with van der Waals surface area (Å²) in [6.45, 7) is 2.90. The number of hydrogen-bond donors (Lipinski definition) is 2. The second kappa shape index (κ2) is 10.7. The molecule has 188 valence electrons. The monoisotopic (exact) mass is 496 g/mol. The van der Waals surface area contributed by atoms with Crippen molar-refractivity contribution < 1.29 is 14.6 Å². The molecule has 1 aliphatic rings. The molecule has 1 fully saturated rings. The Hall–Kier alpha value is -4.42. The standard InChI is InChI=1S/C28H28N6O3/c1-33-10-2-3-20(16-33)17-37-26-11-24(21-6-4-19(12-29)5-7-21)27(34-18-30-15-25(26)34)22-8-9-23(31-13-22)14-32-28(35)36/h4-9,11,13,15,18,20,32H,2-3,10,14,16-17H2,1H3,(H,35,36)/t20-/m1/s1. The summed E-state index contributed by atoms with van der Waals surface area (Å²) < 4.78 is 8.42. The molecule has 37 heavy (non-hydrogen) atoms. The van der Waals surface area contributed by atoms with Gasteiger partial charge in [-0.1, -0.05) is 12.1 Å². The minimum absolute atomic E-state index is 0.127. The number of nitrogens with one attached hydrogen (secondary N) is 1. The maximum Gasteiger partial charge on any atom is 0.404 e. The van der Waals surface area contributed by atoms with Gasteiger partial charge in [0.25, 0.3) is 0 Å². The quantitative estimate of drug-likeness (QED) is 0.389. The first kappa shape index (κ1) is 24.3. The zero-order valence-electron chi connectivity index (χ0n) is 20.6. The largest absolute Gasteiger partial charge is 0.491 e. The third-order valence-electron chi connectivity index (χ3n) is 6.70. The SMILES string of the molecule is CN1CCC[C@@H](COc2cc(-c3ccc(C#N)cc3)c(-c3ccc(CNC(=O)O)nc3)n3cncc23)C1. The fraction of sp³-hybridized carbons (Fsp3) is 0.286. The van der Waals surface area contributed by atoms with Crippen LogP contribution in [-0.4, -0.2) is 57.2 Å². The van der Waals surface area contributed by atoms with Crippen LogP contribution < -0.4 is 10.1 Å². The average molecular weight is 497 g/mol. The molecule has 1 atom stereocenters. The molecule has 0 spiro atoms. The molecule has 1 aromatic carbocycles.